The monoisotopic (exact) mass is 531 g/mol. The van der Waals surface area contributed by atoms with E-state index in [1.807, 2.05) is 31.2 Å². The van der Waals surface area contributed by atoms with Crippen LogP contribution < -0.4 is 9.64 Å². The van der Waals surface area contributed by atoms with Crippen molar-refractivity contribution in [3.63, 3.8) is 0 Å². The average molecular weight is 532 g/mol. The van der Waals surface area contributed by atoms with Crippen LogP contribution in [-0.2, 0) is 15.0 Å². The first-order chi connectivity index (χ1) is 17.9. The lowest BCUT2D eigenvalue weighted by molar-refractivity contribution is -0.132. The first-order valence-corrected chi connectivity index (χ1v) is 13.2. The number of carbonyl (C=O) groups excluding carboxylic acids is 2. The number of halogens is 1. The van der Waals surface area contributed by atoms with Crippen LogP contribution in [0.1, 0.15) is 62.9 Å². The van der Waals surface area contributed by atoms with Crippen molar-refractivity contribution >= 4 is 34.7 Å². The van der Waals surface area contributed by atoms with Gasteiger partial charge in [0.25, 0.3) is 11.7 Å². The molecule has 3 aromatic carbocycles. The van der Waals surface area contributed by atoms with Crippen molar-refractivity contribution in [2.24, 2.45) is 5.92 Å². The van der Waals surface area contributed by atoms with Crippen LogP contribution in [0.2, 0.25) is 5.02 Å². The first kappa shape index (κ1) is 27.5. The molecule has 1 fully saturated rings. The van der Waals surface area contributed by atoms with E-state index < -0.39 is 17.7 Å². The number of amides is 1. The number of ether oxygens (including phenoxy) is 1. The molecule has 0 saturated carbocycles. The van der Waals surface area contributed by atoms with Gasteiger partial charge >= 0.3 is 0 Å². The number of aryl methyl sites for hydroxylation is 1. The van der Waals surface area contributed by atoms with Crippen LogP contribution in [-0.4, -0.2) is 23.4 Å². The Labute approximate surface area is 229 Å². The van der Waals surface area contributed by atoms with E-state index in [9.17, 15) is 14.7 Å². The smallest absolute Gasteiger partial charge is 0.300 e. The minimum Gasteiger partial charge on any atom is -0.507 e. The van der Waals surface area contributed by atoms with Crippen LogP contribution in [0.15, 0.2) is 72.3 Å². The molecular weight excluding hydrogens is 498 g/mol. The summed E-state index contributed by atoms with van der Waals surface area (Å²) in [5, 5.41) is 12.0. The topological polar surface area (TPSA) is 66.8 Å². The predicted molar refractivity (Wildman–Crippen MR) is 153 cm³/mol. The zero-order chi connectivity index (χ0) is 27.8. The minimum atomic E-state index is -0.816. The molecule has 0 aliphatic carbocycles. The molecule has 1 unspecified atom stereocenters. The quantitative estimate of drug-likeness (QED) is 0.202. The standard InChI is InChI=1S/C32H34ClNO4/c1-19(2)18-38-25-9-7-8-22(17-25)29(35)27-28(21-10-12-23(13-11-21)32(4,5)6)34(31(37)30(27)36)26-15-14-24(33)16-20(26)3/h7-17,19,28,35H,18H2,1-6H3/b29-27+. The van der Waals surface area contributed by atoms with E-state index in [1.54, 1.807) is 42.5 Å². The molecule has 1 N–H and O–H groups in total. The number of Topliss-reactive ketones (excluding diaryl/α,β-unsaturated/α-hetero) is 1. The number of anilines is 1. The predicted octanol–water partition coefficient (Wildman–Crippen LogP) is 7.61. The summed E-state index contributed by atoms with van der Waals surface area (Å²) in [6.07, 6.45) is 0. The molecular formula is C32H34ClNO4. The molecule has 1 atom stereocenters. The van der Waals surface area contributed by atoms with Gasteiger partial charge in [-0.25, -0.2) is 0 Å². The summed E-state index contributed by atoms with van der Waals surface area (Å²) < 4.78 is 5.83. The van der Waals surface area contributed by atoms with Gasteiger partial charge in [0.05, 0.1) is 18.2 Å². The van der Waals surface area contributed by atoms with Crippen LogP contribution in [0.25, 0.3) is 5.76 Å². The Morgan fingerprint density at radius 2 is 1.71 bits per heavy atom. The molecule has 198 valence electrons. The lowest BCUT2D eigenvalue weighted by Gasteiger charge is -2.28. The number of nitrogens with zero attached hydrogens (tertiary/aromatic N) is 1. The number of rotatable bonds is 6. The molecule has 4 rings (SSSR count). The highest BCUT2D eigenvalue weighted by Crippen LogP contribution is 2.44. The number of ketones is 1. The van der Waals surface area contributed by atoms with Crippen molar-refractivity contribution in [2.75, 3.05) is 11.5 Å². The zero-order valence-electron chi connectivity index (χ0n) is 22.7. The summed E-state index contributed by atoms with van der Waals surface area (Å²) in [6, 6.07) is 19.2. The van der Waals surface area contributed by atoms with Gasteiger partial charge in [0, 0.05) is 16.3 Å². The maximum absolute atomic E-state index is 13.5. The molecule has 1 amide bonds. The Kier molecular flexibility index (Phi) is 7.70. The maximum Gasteiger partial charge on any atom is 0.300 e. The number of hydrogen-bond acceptors (Lipinski definition) is 4. The van der Waals surface area contributed by atoms with Crippen LogP contribution in [0.3, 0.4) is 0 Å². The highest BCUT2D eigenvalue weighted by atomic mass is 35.5. The molecule has 0 bridgehead atoms. The second kappa shape index (κ2) is 10.7. The van der Waals surface area contributed by atoms with Gasteiger partial charge in [0.2, 0.25) is 0 Å². The number of carbonyl (C=O) groups is 2. The van der Waals surface area contributed by atoms with Gasteiger partial charge in [0.15, 0.2) is 0 Å². The SMILES string of the molecule is Cc1cc(Cl)ccc1N1C(=O)C(=O)/C(=C(/O)c2cccc(OCC(C)C)c2)C1c1ccc(C(C)(C)C)cc1. The van der Waals surface area contributed by atoms with Crippen molar-refractivity contribution in [3.8, 4) is 5.75 Å². The summed E-state index contributed by atoms with van der Waals surface area (Å²) in [5.41, 5.74) is 3.54. The van der Waals surface area contributed by atoms with E-state index in [0.717, 1.165) is 16.7 Å². The number of aliphatic hydroxyl groups excluding tert-OH is 1. The van der Waals surface area contributed by atoms with Crippen molar-refractivity contribution in [2.45, 2.75) is 53.0 Å². The van der Waals surface area contributed by atoms with Crippen LogP contribution in [0, 0.1) is 12.8 Å². The van der Waals surface area contributed by atoms with E-state index in [0.29, 0.717) is 34.5 Å². The van der Waals surface area contributed by atoms with Crippen LogP contribution >= 0.6 is 11.6 Å². The molecule has 5 nitrogen and oxygen atoms in total. The Morgan fingerprint density at radius 1 is 1.03 bits per heavy atom. The van der Waals surface area contributed by atoms with Crippen molar-refractivity contribution < 1.29 is 19.4 Å². The zero-order valence-corrected chi connectivity index (χ0v) is 23.5. The molecule has 1 aliphatic rings. The lowest BCUT2D eigenvalue weighted by atomic mass is 9.85. The fourth-order valence-corrected chi connectivity index (χ4v) is 4.83. The number of aliphatic hydroxyl groups is 1. The highest BCUT2D eigenvalue weighted by molar-refractivity contribution is 6.51. The molecule has 1 heterocycles. The van der Waals surface area contributed by atoms with E-state index >= 15 is 0 Å². The van der Waals surface area contributed by atoms with Crippen LogP contribution in [0.5, 0.6) is 5.75 Å². The largest absolute Gasteiger partial charge is 0.507 e. The maximum atomic E-state index is 13.5. The molecule has 0 aromatic heterocycles. The van der Waals surface area contributed by atoms with E-state index in [-0.39, 0.29) is 16.7 Å². The lowest BCUT2D eigenvalue weighted by Crippen LogP contribution is -2.30. The van der Waals surface area contributed by atoms with E-state index in [2.05, 4.69) is 34.6 Å². The molecule has 1 saturated heterocycles. The van der Waals surface area contributed by atoms with Gasteiger partial charge in [-0.15, -0.1) is 0 Å². The summed E-state index contributed by atoms with van der Waals surface area (Å²) in [6.45, 7) is 12.8. The third-order valence-electron chi connectivity index (χ3n) is 6.65. The molecule has 6 heteroatoms. The average Bonchev–Trinajstić information content (AvgIpc) is 3.12. The third-order valence-corrected chi connectivity index (χ3v) is 6.88. The Morgan fingerprint density at radius 3 is 2.32 bits per heavy atom. The van der Waals surface area contributed by atoms with E-state index in [4.69, 9.17) is 16.3 Å². The number of benzene rings is 3. The molecule has 3 aromatic rings. The Hall–Kier alpha value is -3.57. The van der Waals surface area contributed by atoms with Crippen molar-refractivity contribution in [1.82, 2.24) is 0 Å². The summed E-state index contributed by atoms with van der Waals surface area (Å²) in [7, 11) is 0. The molecule has 1 aliphatic heterocycles. The minimum absolute atomic E-state index is 0.0360. The highest BCUT2D eigenvalue weighted by Gasteiger charge is 2.47. The van der Waals surface area contributed by atoms with Gasteiger partial charge in [-0.3, -0.25) is 14.5 Å². The normalized spacial score (nSPS) is 17.4. The fourth-order valence-electron chi connectivity index (χ4n) is 4.60. The van der Waals surface area contributed by atoms with Gasteiger partial charge in [-0.05, 0) is 65.3 Å². The third kappa shape index (κ3) is 5.48. The number of hydrogen-bond donors (Lipinski definition) is 1. The second-order valence-corrected chi connectivity index (χ2v) is 11.6. The molecule has 38 heavy (non-hydrogen) atoms. The summed E-state index contributed by atoms with van der Waals surface area (Å²) >= 11 is 6.19. The van der Waals surface area contributed by atoms with Crippen LogP contribution in [0.4, 0.5) is 5.69 Å². The summed E-state index contributed by atoms with van der Waals surface area (Å²) in [4.78, 5) is 28.5. The molecule has 0 spiro atoms. The Bertz CT molecular complexity index is 1400. The van der Waals surface area contributed by atoms with E-state index in [1.165, 1.54) is 4.90 Å². The fraction of sp³-hybridized carbons (Fsp3) is 0.312. The van der Waals surface area contributed by atoms with Gasteiger partial charge in [-0.2, -0.15) is 0 Å². The summed E-state index contributed by atoms with van der Waals surface area (Å²) in [5.74, 6) is -0.769. The Balaban J connectivity index is 1.89. The molecule has 0 radical (unpaired) electrons. The van der Waals surface area contributed by atoms with Crippen molar-refractivity contribution in [3.05, 3.63) is 99.6 Å². The van der Waals surface area contributed by atoms with Gasteiger partial charge in [0.1, 0.15) is 11.5 Å². The van der Waals surface area contributed by atoms with Gasteiger partial charge in [-0.1, -0.05) is 82.6 Å². The van der Waals surface area contributed by atoms with Gasteiger partial charge < -0.3 is 9.84 Å². The second-order valence-electron chi connectivity index (χ2n) is 11.2. The first-order valence-electron chi connectivity index (χ1n) is 12.8. The van der Waals surface area contributed by atoms with Crippen molar-refractivity contribution in [1.29, 1.82) is 0 Å².